The zero-order valence-corrected chi connectivity index (χ0v) is 14.5. The molecule has 2 rings (SSSR count). The first-order valence-corrected chi connectivity index (χ1v) is 7.52. The number of nitrogens with zero attached hydrogens (tertiary/aromatic N) is 1. The summed E-state index contributed by atoms with van der Waals surface area (Å²) < 4.78 is 15.6. The minimum absolute atomic E-state index is 0.0878. The molecule has 8 heteroatoms. The lowest BCUT2D eigenvalue weighted by Gasteiger charge is -2.11. The number of esters is 1. The number of nitrogens with two attached hydrogens (primary N) is 1. The second-order valence-electron chi connectivity index (χ2n) is 5.30. The van der Waals surface area contributed by atoms with Crippen LogP contribution in [0.4, 0.5) is 11.4 Å². The van der Waals surface area contributed by atoms with Crippen molar-refractivity contribution in [3.63, 3.8) is 0 Å². The number of anilines is 1. The van der Waals surface area contributed by atoms with E-state index in [0.29, 0.717) is 28.3 Å². The Bertz CT molecular complexity index is 859. The van der Waals surface area contributed by atoms with E-state index in [-0.39, 0.29) is 11.4 Å². The van der Waals surface area contributed by atoms with Gasteiger partial charge in [0.15, 0.2) is 11.5 Å². The number of methoxy groups -OCH3 is 2. The molecule has 2 aromatic rings. The predicted octanol–water partition coefficient (Wildman–Crippen LogP) is 3.20. The molecule has 0 fully saturated rings. The summed E-state index contributed by atoms with van der Waals surface area (Å²) in [4.78, 5) is 22.3. The number of ether oxygens (including phenoxy) is 3. The van der Waals surface area contributed by atoms with E-state index in [1.54, 1.807) is 25.1 Å². The Labute approximate surface area is 149 Å². The van der Waals surface area contributed by atoms with Crippen molar-refractivity contribution < 1.29 is 23.9 Å². The summed E-state index contributed by atoms with van der Waals surface area (Å²) in [5.74, 6) is 0.555. The molecule has 0 aliphatic carbocycles. The molecule has 26 heavy (non-hydrogen) atoms. The lowest BCUT2D eigenvalue weighted by Crippen LogP contribution is -2.09. The number of benzene rings is 2. The Balaban J connectivity index is 2.20. The lowest BCUT2D eigenvalue weighted by atomic mass is 10.1. The van der Waals surface area contributed by atoms with Crippen LogP contribution in [0.3, 0.4) is 0 Å². The van der Waals surface area contributed by atoms with Gasteiger partial charge in [0.1, 0.15) is 5.75 Å². The average molecular weight is 358 g/mol. The zero-order chi connectivity index (χ0) is 19.3. The fourth-order valence-electron chi connectivity index (χ4n) is 2.15. The largest absolute Gasteiger partial charge is 0.493 e. The average Bonchev–Trinajstić information content (AvgIpc) is 2.63. The Morgan fingerprint density at radius 1 is 1.12 bits per heavy atom. The normalized spacial score (nSPS) is 11.0. The van der Waals surface area contributed by atoms with Gasteiger partial charge in [0.25, 0.3) is 5.69 Å². The van der Waals surface area contributed by atoms with Gasteiger partial charge in [0.05, 0.1) is 19.1 Å². The van der Waals surface area contributed by atoms with Crippen LogP contribution in [0, 0.1) is 10.1 Å². The molecular formula is C18H18N2O6. The molecule has 0 atom stereocenters. The predicted molar refractivity (Wildman–Crippen MR) is 96.3 cm³/mol. The molecule has 2 aromatic carbocycles. The highest BCUT2D eigenvalue weighted by Crippen LogP contribution is 2.33. The van der Waals surface area contributed by atoms with Gasteiger partial charge >= 0.3 is 5.97 Å². The lowest BCUT2D eigenvalue weighted by molar-refractivity contribution is -0.384. The number of non-ortho nitro benzene ring substituents is 1. The molecule has 0 amide bonds. The molecule has 0 aliphatic heterocycles. The van der Waals surface area contributed by atoms with Crippen molar-refractivity contribution in [2.45, 2.75) is 6.92 Å². The molecule has 0 radical (unpaired) electrons. The van der Waals surface area contributed by atoms with Crippen molar-refractivity contribution in [3.05, 3.63) is 57.6 Å². The Kier molecular flexibility index (Phi) is 5.79. The van der Waals surface area contributed by atoms with E-state index in [4.69, 9.17) is 19.9 Å². The minimum Gasteiger partial charge on any atom is -0.493 e. The van der Waals surface area contributed by atoms with Crippen LogP contribution in [0.5, 0.6) is 17.2 Å². The molecule has 0 saturated carbocycles. The van der Waals surface area contributed by atoms with Crippen molar-refractivity contribution in [2.75, 3.05) is 20.0 Å². The maximum atomic E-state index is 12.2. The third-order valence-corrected chi connectivity index (χ3v) is 3.54. The number of nitro benzene ring substituents is 1. The van der Waals surface area contributed by atoms with E-state index in [9.17, 15) is 14.9 Å². The van der Waals surface area contributed by atoms with Gasteiger partial charge in [-0.1, -0.05) is 0 Å². The summed E-state index contributed by atoms with van der Waals surface area (Å²) in [6.45, 7) is 1.57. The van der Waals surface area contributed by atoms with E-state index in [0.717, 1.165) is 0 Å². The van der Waals surface area contributed by atoms with Crippen LogP contribution in [0.25, 0.3) is 6.08 Å². The Morgan fingerprint density at radius 2 is 1.69 bits per heavy atom. The Morgan fingerprint density at radius 3 is 2.23 bits per heavy atom. The first-order chi connectivity index (χ1) is 12.3. The number of carbonyl (C=O) groups excluding carboxylic acids is 1. The molecule has 0 saturated heterocycles. The summed E-state index contributed by atoms with van der Waals surface area (Å²) in [7, 11) is 3.00. The van der Waals surface area contributed by atoms with Crippen molar-refractivity contribution in [3.8, 4) is 17.2 Å². The molecule has 0 aromatic heterocycles. The van der Waals surface area contributed by atoms with Crippen LogP contribution in [0.1, 0.15) is 12.5 Å². The number of carbonyl (C=O) groups is 1. The van der Waals surface area contributed by atoms with Crippen molar-refractivity contribution in [1.82, 2.24) is 0 Å². The summed E-state index contributed by atoms with van der Waals surface area (Å²) in [6.07, 6.45) is 1.56. The molecule has 2 N–H and O–H groups in total. The summed E-state index contributed by atoms with van der Waals surface area (Å²) in [6, 6.07) is 8.47. The highest BCUT2D eigenvalue weighted by Gasteiger charge is 2.12. The summed E-state index contributed by atoms with van der Waals surface area (Å²) in [5, 5.41) is 10.6. The highest BCUT2D eigenvalue weighted by molar-refractivity contribution is 5.95. The standard InChI is InChI=1S/C18H18N2O6/c1-11(8-12-9-16(24-2)17(25-3)10-15(12)19)18(21)26-14-6-4-13(5-7-14)20(22)23/h4-10H,19H2,1-3H3/b11-8+. The molecule has 8 nitrogen and oxygen atoms in total. The second kappa shape index (κ2) is 8.02. The Hall–Kier alpha value is -3.55. The SMILES string of the molecule is COc1cc(N)c(/C=C(\C)C(=O)Oc2ccc([N+](=O)[O-])cc2)cc1OC. The van der Waals surface area contributed by atoms with Crippen molar-refractivity contribution in [1.29, 1.82) is 0 Å². The first kappa shape index (κ1) is 18.8. The molecule has 0 aliphatic rings. The van der Waals surface area contributed by atoms with Crippen molar-refractivity contribution in [2.24, 2.45) is 0 Å². The van der Waals surface area contributed by atoms with Crippen LogP contribution in [0.2, 0.25) is 0 Å². The first-order valence-electron chi connectivity index (χ1n) is 7.52. The third kappa shape index (κ3) is 4.29. The van der Waals surface area contributed by atoms with Gasteiger partial charge < -0.3 is 19.9 Å². The number of hydrogen-bond donors (Lipinski definition) is 1. The minimum atomic E-state index is -0.604. The zero-order valence-electron chi connectivity index (χ0n) is 14.5. The highest BCUT2D eigenvalue weighted by atomic mass is 16.6. The van der Waals surface area contributed by atoms with Gasteiger partial charge in [-0.3, -0.25) is 10.1 Å². The molecular weight excluding hydrogens is 340 g/mol. The molecule has 136 valence electrons. The van der Waals surface area contributed by atoms with Gasteiger partial charge in [-0.2, -0.15) is 0 Å². The van der Waals surface area contributed by atoms with E-state index < -0.39 is 10.9 Å². The van der Waals surface area contributed by atoms with Crippen LogP contribution in [0.15, 0.2) is 42.0 Å². The quantitative estimate of drug-likeness (QED) is 0.211. The number of nitro groups is 1. The number of nitrogen functional groups attached to an aromatic ring is 1. The van der Waals surface area contributed by atoms with Crippen LogP contribution in [-0.4, -0.2) is 25.1 Å². The van der Waals surface area contributed by atoms with E-state index in [2.05, 4.69) is 0 Å². The fraction of sp³-hybridized carbons (Fsp3) is 0.167. The second-order valence-corrected chi connectivity index (χ2v) is 5.30. The van der Waals surface area contributed by atoms with Gasteiger partial charge in [-0.25, -0.2) is 4.79 Å². The number of hydrogen-bond acceptors (Lipinski definition) is 7. The summed E-state index contributed by atoms with van der Waals surface area (Å²) in [5.41, 5.74) is 7.15. The van der Waals surface area contributed by atoms with Crippen LogP contribution in [-0.2, 0) is 4.79 Å². The van der Waals surface area contributed by atoms with Crippen molar-refractivity contribution >= 4 is 23.4 Å². The maximum absolute atomic E-state index is 12.2. The maximum Gasteiger partial charge on any atom is 0.339 e. The topological polar surface area (TPSA) is 114 Å². The number of rotatable bonds is 6. The van der Waals surface area contributed by atoms with Gasteiger partial charge in [0, 0.05) is 35.0 Å². The third-order valence-electron chi connectivity index (χ3n) is 3.54. The smallest absolute Gasteiger partial charge is 0.339 e. The molecule has 0 unspecified atom stereocenters. The van der Waals surface area contributed by atoms with Crippen LogP contribution >= 0.6 is 0 Å². The molecule has 0 spiro atoms. The van der Waals surface area contributed by atoms with Gasteiger partial charge in [0.2, 0.25) is 0 Å². The van der Waals surface area contributed by atoms with Gasteiger partial charge in [-0.15, -0.1) is 0 Å². The van der Waals surface area contributed by atoms with Crippen LogP contribution < -0.4 is 19.9 Å². The van der Waals surface area contributed by atoms with Gasteiger partial charge in [-0.05, 0) is 31.2 Å². The molecule has 0 bridgehead atoms. The molecule has 0 heterocycles. The van der Waals surface area contributed by atoms with E-state index in [1.807, 2.05) is 0 Å². The summed E-state index contributed by atoms with van der Waals surface area (Å²) >= 11 is 0. The fourth-order valence-corrected chi connectivity index (χ4v) is 2.15. The monoisotopic (exact) mass is 358 g/mol. The van der Waals surface area contributed by atoms with E-state index in [1.165, 1.54) is 38.5 Å². The van der Waals surface area contributed by atoms with E-state index >= 15 is 0 Å².